The molecule has 32 heavy (non-hydrogen) atoms. The lowest BCUT2D eigenvalue weighted by molar-refractivity contribution is -0.146. The molecular weight excluding hydrogens is 504 g/mol. The highest BCUT2D eigenvalue weighted by molar-refractivity contribution is 8.06. The van der Waals surface area contributed by atoms with Gasteiger partial charge in [-0.1, -0.05) is 45.1 Å². The number of rotatable bonds is 7. The summed E-state index contributed by atoms with van der Waals surface area (Å²) in [6.07, 6.45) is 2.12. The fourth-order valence-corrected chi connectivity index (χ4v) is 7.37. The SMILES string of the molecule is Nc1nc(C2(NC(=O)/C=N\O)S[C@H]3CC(=O)N3C(C(=O)O)=C2SCc2cnn[nH]2)c(Cl)s1. The Labute approximate surface area is 196 Å². The van der Waals surface area contributed by atoms with Crippen LogP contribution in [0.1, 0.15) is 17.8 Å². The highest BCUT2D eigenvalue weighted by atomic mass is 35.5. The summed E-state index contributed by atoms with van der Waals surface area (Å²) >= 11 is 9.46. The molecule has 2 aromatic heterocycles. The van der Waals surface area contributed by atoms with E-state index in [4.69, 9.17) is 22.5 Å². The lowest BCUT2D eigenvalue weighted by Crippen LogP contribution is -2.60. The predicted octanol–water partition coefficient (Wildman–Crippen LogP) is 0.761. The Bertz CT molecular complexity index is 1150. The standard InChI is InChI=1S/C15H13ClN8O5S3/c16-12-10(20-14(17)31-12)15(21-6(25)3-19-29)11(30-4-5-2-18-23-22-5)9(13(27)28)24-7(26)1-8(24)32-15/h2-3,8,29H,1,4H2,(H2,17,20)(H,21,25)(H,27,28)(H,18,22,23)/b19-3-/t8-,15?/m0/s1. The number of aromatic nitrogens is 4. The first-order valence-corrected chi connectivity index (χ1v) is 11.7. The van der Waals surface area contributed by atoms with Gasteiger partial charge in [-0.25, -0.2) is 9.78 Å². The van der Waals surface area contributed by atoms with Gasteiger partial charge in [0.15, 0.2) is 10.0 Å². The van der Waals surface area contributed by atoms with Crippen LogP contribution >= 0.6 is 46.5 Å². The molecule has 2 aliphatic heterocycles. The molecule has 0 bridgehead atoms. The number of carbonyl (C=O) groups is 3. The summed E-state index contributed by atoms with van der Waals surface area (Å²) in [6.45, 7) is 0. The Morgan fingerprint density at radius 3 is 2.91 bits per heavy atom. The van der Waals surface area contributed by atoms with E-state index in [1.165, 1.54) is 6.20 Å². The van der Waals surface area contributed by atoms with E-state index in [1.54, 1.807) is 0 Å². The molecule has 0 aliphatic carbocycles. The number of halogens is 1. The average molecular weight is 517 g/mol. The number of carboxylic acids is 1. The summed E-state index contributed by atoms with van der Waals surface area (Å²) in [5.41, 5.74) is 6.19. The average Bonchev–Trinajstić information content (AvgIpc) is 3.35. The quantitative estimate of drug-likeness (QED) is 0.150. The van der Waals surface area contributed by atoms with Crippen LogP contribution in [-0.2, 0) is 25.0 Å². The van der Waals surface area contributed by atoms with E-state index in [0.29, 0.717) is 11.9 Å². The largest absolute Gasteiger partial charge is 0.477 e. The molecular formula is C15H13ClN8O5S3. The molecule has 168 valence electrons. The number of aliphatic carboxylic acids is 1. The van der Waals surface area contributed by atoms with Crippen LogP contribution in [0.5, 0.6) is 0 Å². The number of hydrogen-bond donors (Lipinski definition) is 5. The summed E-state index contributed by atoms with van der Waals surface area (Å²) in [5, 5.41) is 33.7. The molecule has 6 N–H and O–H groups in total. The van der Waals surface area contributed by atoms with E-state index in [2.05, 4.69) is 30.9 Å². The van der Waals surface area contributed by atoms with Crippen molar-refractivity contribution in [2.24, 2.45) is 5.16 Å². The van der Waals surface area contributed by atoms with Crippen molar-refractivity contribution in [1.82, 2.24) is 30.6 Å². The summed E-state index contributed by atoms with van der Waals surface area (Å²) in [5.74, 6) is -2.41. The molecule has 13 nitrogen and oxygen atoms in total. The van der Waals surface area contributed by atoms with Gasteiger partial charge in [0.25, 0.3) is 5.91 Å². The molecule has 2 aromatic rings. The molecule has 0 radical (unpaired) electrons. The number of nitrogens with one attached hydrogen (secondary N) is 2. The third-order valence-electron chi connectivity index (χ3n) is 4.44. The van der Waals surface area contributed by atoms with Gasteiger partial charge in [-0.15, -0.1) is 16.9 Å². The molecule has 1 fully saturated rings. The van der Waals surface area contributed by atoms with Crippen LogP contribution < -0.4 is 11.1 Å². The second-order valence-electron chi connectivity index (χ2n) is 6.38. The first kappa shape index (κ1) is 22.4. The maximum absolute atomic E-state index is 12.5. The number of hydrogen-bond acceptors (Lipinski definition) is 12. The van der Waals surface area contributed by atoms with Gasteiger partial charge in [0.1, 0.15) is 21.9 Å². The zero-order chi connectivity index (χ0) is 23.0. The van der Waals surface area contributed by atoms with Crippen molar-refractivity contribution in [1.29, 1.82) is 0 Å². The van der Waals surface area contributed by atoms with Crippen molar-refractivity contribution in [3.05, 3.63) is 32.5 Å². The number of nitrogens with two attached hydrogens (primary N) is 1. The van der Waals surface area contributed by atoms with Crippen molar-refractivity contribution >= 4 is 75.6 Å². The first-order valence-electron chi connectivity index (χ1n) is 8.64. The summed E-state index contributed by atoms with van der Waals surface area (Å²) in [4.78, 5) is 41.0. The van der Waals surface area contributed by atoms with Gasteiger partial charge in [0.05, 0.1) is 28.6 Å². The van der Waals surface area contributed by atoms with Crippen LogP contribution in [0.3, 0.4) is 0 Å². The number of fused-ring (bicyclic) bond motifs is 1. The third-order valence-corrected chi connectivity index (χ3v) is 8.40. The minimum atomic E-state index is -1.63. The van der Waals surface area contributed by atoms with Crippen LogP contribution in [0, 0.1) is 0 Å². The Kier molecular flexibility index (Phi) is 6.02. The Balaban J connectivity index is 1.94. The molecule has 0 spiro atoms. The molecule has 0 aromatic carbocycles. The van der Waals surface area contributed by atoms with Gasteiger partial charge in [0.2, 0.25) is 5.91 Å². The topological polar surface area (TPSA) is 200 Å². The van der Waals surface area contributed by atoms with Crippen molar-refractivity contribution < 1.29 is 24.7 Å². The van der Waals surface area contributed by atoms with Crippen molar-refractivity contribution in [3.63, 3.8) is 0 Å². The lowest BCUT2D eigenvalue weighted by atomic mass is 10.1. The number of nitrogen functional groups attached to an aromatic ring is 1. The Morgan fingerprint density at radius 2 is 2.34 bits per heavy atom. The van der Waals surface area contributed by atoms with Gasteiger partial charge in [0, 0.05) is 5.75 Å². The Morgan fingerprint density at radius 1 is 1.56 bits per heavy atom. The zero-order valence-corrected chi connectivity index (χ0v) is 18.9. The normalized spacial score (nSPS) is 22.7. The van der Waals surface area contributed by atoms with E-state index < -0.39 is 22.1 Å². The number of amides is 2. The van der Waals surface area contributed by atoms with E-state index in [1.807, 2.05) is 0 Å². The van der Waals surface area contributed by atoms with Gasteiger partial charge >= 0.3 is 5.97 Å². The van der Waals surface area contributed by atoms with Gasteiger partial charge in [-0.3, -0.25) is 19.6 Å². The monoisotopic (exact) mass is 516 g/mol. The lowest BCUT2D eigenvalue weighted by Gasteiger charge is -2.51. The highest BCUT2D eigenvalue weighted by Gasteiger charge is 2.58. The maximum Gasteiger partial charge on any atom is 0.353 e. The zero-order valence-electron chi connectivity index (χ0n) is 15.7. The van der Waals surface area contributed by atoms with Crippen LogP contribution in [0.25, 0.3) is 0 Å². The molecule has 4 rings (SSSR count). The van der Waals surface area contributed by atoms with E-state index in [9.17, 15) is 19.5 Å². The van der Waals surface area contributed by atoms with E-state index >= 15 is 0 Å². The number of carboxylic acid groups (broad SMARTS) is 1. The molecule has 2 aliphatic rings. The number of oxime groups is 1. The van der Waals surface area contributed by atoms with Crippen molar-refractivity contribution in [2.75, 3.05) is 5.73 Å². The number of thiazole rings is 1. The maximum atomic E-state index is 12.5. The fraction of sp³-hybridized carbons (Fsp3) is 0.267. The molecule has 2 atom stereocenters. The number of anilines is 1. The van der Waals surface area contributed by atoms with Crippen LogP contribution in [0.2, 0.25) is 4.34 Å². The van der Waals surface area contributed by atoms with Crippen LogP contribution in [0.4, 0.5) is 5.13 Å². The molecule has 1 saturated heterocycles. The summed E-state index contributed by atoms with van der Waals surface area (Å²) in [7, 11) is 0. The highest BCUT2D eigenvalue weighted by Crippen LogP contribution is 2.58. The van der Waals surface area contributed by atoms with Crippen molar-refractivity contribution in [2.45, 2.75) is 22.4 Å². The number of thioether (sulfide) groups is 2. The predicted molar refractivity (Wildman–Crippen MR) is 117 cm³/mol. The number of carbonyl (C=O) groups excluding carboxylic acids is 2. The number of H-pyrrole nitrogens is 1. The fourth-order valence-electron chi connectivity index (χ4n) is 3.20. The number of aromatic amines is 1. The van der Waals surface area contributed by atoms with Gasteiger partial charge in [-0.2, -0.15) is 0 Å². The number of nitrogens with zero attached hydrogens (tertiary/aromatic N) is 5. The smallest absolute Gasteiger partial charge is 0.353 e. The second-order valence-corrected chi connectivity index (χ2v) is 10.4. The molecule has 1 unspecified atom stereocenters. The summed E-state index contributed by atoms with van der Waals surface area (Å²) in [6, 6.07) is 0. The Hall–Kier alpha value is -2.82. The van der Waals surface area contributed by atoms with Crippen LogP contribution in [-0.4, -0.2) is 65.0 Å². The van der Waals surface area contributed by atoms with Gasteiger partial charge < -0.3 is 21.4 Å². The summed E-state index contributed by atoms with van der Waals surface area (Å²) < 4.78 is 0.126. The van der Waals surface area contributed by atoms with E-state index in [0.717, 1.165) is 39.8 Å². The van der Waals surface area contributed by atoms with Crippen LogP contribution in [0.15, 0.2) is 22.0 Å². The molecule has 2 amide bonds. The molecule has 17 heteroatoms. The second kappa shape index (κ2) is 8.61. The third kappa shape index (κ3) is 3.78. The minimum absolute atomic E-state index is 0.0484. The first-order chi connectivity index (χ1) is 15.3. The molecule has 4 heterocycles. The van der Waals surface area contributed by atoms with Crippen molar-refractivity contribution in [3.8, 4) is 0 Å². The molecule has 0 saturated carbocycles. The van der Waals surface area contributed by atoms with E-state index in [-0.39, 0.29) is 43.8 Å². The minimum Gasteiger partial charge on any atom is -0.477 e. The number of β-lactam (4-membered cyclic amide) rings is 1. The van der Waals surface area contributed by atoms with Gasteiger partial charge in [-0.05, 0) is 0 Å².